The molecular weight excluding hydrogens is 223 g/mol. The third kappa shape index (κ3) is 3.48. The third-order valence-corrected chi connectivity index (χ3v) is 3.34. The van der Waals surface area contributed by atoms with Gasteiger partial charge in [0.15, 0.2) is 0 Å². The highest BCUT2D eigenvalue weighted by atomic mass is 35.5. The summed E-state index contributed by atoms with van der Waals surface area (Å²) in [7, 11) is 0. The van der Waals surface area contributed by atoms with Crippen molar-refractivity contribution in [2.45, 2.75) is 17.9 Å². The average molecular weight is 235 g/mol. The summed E-state index contributed by atoms with van der Waals surface area (Å²) in [4.78, 5) is 0. The third-order valence-electron chi connectivity index (χ3n) is 1.80. The van der Waals surface area contributed by atoms with Crippen LogP contribution >= 0.6 is 23.4 Å². The Morgan fingerprint density at radius 1 is 1.57 bits per heavy atom. The molecule has 0 aliphatic heterocycles. The van der Waals surface area contributed by atoms with Gasteiger partial charge in [-0.2, -0.15) is 11.8 Å². The van der Waals surface area contributed by atoms with Crippen molar-refractivity contribution in [3.8, 4) is 0 Å². The highest BCUT2D eigenvalue weighted by Gasteiger charge is 2.05. The SMILES string of the molecule is CC(CO)SCc1ccc(F)cc1Cl. The first-order valence-corrected chi connectivity index (χ1v) is 5.72. The van der Waals surface area contributed by atoms with E-state index in [9.17, 15) is 4.39 Å². The lowest BCUT2D eigenvalue weighted by molar-refractivity contribution is 0.300. The van der Waals surface area contributed by atoms with E-state index in [1.54, 1.807) is 17.8 Å². The number of hydrogen-bond donors (Lipinski definition) is 1. The summed E-state index contributed by atoms with van der Waals surface area (Å²) in [6, 6.07) is 4.38. The maximum Gasteiger partial charge on any atom is 0.124 e. The lowest BCUT2D eigenvalue weighted by Gasteiger charge is -2.08. The van der Waals surface area contributed by atoms with Crippen molar-refractivity contribution < 1.29 is 9.50 Å². The predicted molar refractivity (Wildman–Crippen MR) is 59.3 cm³/mol. The van der Waals surface area contributed by atoms with Crippen LogP contribution in [0, 0.1) is 5.82 Å². The van der Waals surface area contributed by atoms with Crippen molar-refractivity contribution in [1.82, 2.24) is 0 Å². The molecule has 0 aromatic heterocycles. The molecule has 0 heterocycles. The Labute approximate surface area is 92.3 Å². The summed E-state index contributed by atoms with van der Waals surface area (Å²) >= 11 is 7.43. The van der Waals surface area contributed by atoms with Crippen molar-refractivity contribution in [2.75, 3.05) is 6.61 Å². The Morgan fingerprint density at radius 2 is 2.29 bits per heavy atom. The zero-order valence-electron chi connectivity index (χ0n) is 7.84. The first kappa shape index (κ1) is 11.8. The van der Waals surface area contributed by atoms with Crippen molar-refractivity contribution in [2.24, 2.45) is 0 Å². The molecule has 0 aliphatic rings. The molecule has 78 valence electrons. The fourth-order valence-electron chi connectivity index (χ4n) is 0.923. The molecule has 0 amide bonds. The number of hydrogen-bond acceptors (Lipinski definition) is 2. The fraction of sp³-hybridized carbons (Fsp3) is 0.400. The fourth-order valence-corrected chi connectivity index (χ4v) is 2.06. The van der Waals surface area contributed by atoms with Gasteiger partial charge in [-0.1, -0.05) is 24.6 Å². The lowest BCUT2D eigenvalue weighted by Crippen LogP contribution is -2.02. The average Bonchev–Trinajstić information content (AvgIpc) is 2.16. The molecule has 1 aromatic rings. The van der Waals surface area contributed by atoms with Crippen LogP contribution in [-0.2, 0) is 5.75 Å². The van der Waals surface area contributed by atoms with Crippen LogP contribution in [0.25, 0.3) is 0 Å². The molecule has 0 fully saturated rings. The van der Waals surface area contributed by atoms with Gasteiger partial charge in [0.2, 0.25) is 0 Å². The van der Waals surface area contributed by atoms with Gasteiger partial charge in [0.05, 0.1) is 6.61 Å². The van der Waals surface area contributed by atoms with Gasteiger partial charge in [0.1, 0.15) is 5.82 Å². The molecular formula is C10H12ClFOS. The van der Waals surface area contributed by atoms with E-state index in [0.717, 1.165) is 5.56 Å². The molecule has 1 atom stereocenters. The minimum absolute atomic E-state index is 0.142. The van der Waals surface area contributed by atoms with E-state index in [0.29, 0.717) is 10.8 Å². The summed E-state index contributed by atoms with van der Waals surface area (Å²) in [6.07, 6.45) is 0. The van der Waals surface area contributed by atoms with Gasteiger partial charge in [-0.3, -0.25) is 0 Å². The van der Waals surface area contributed by atoms with Crippen LogP contribution in [-0.4, -0.2) is 17.0 Å². The zero-order chi connectivity index (χ0) is 10.6. The molecule has 1 N–H and O–H groups in total. The molecule has 1 aromatic carbocycles. The summed E-state index contributed by atoms with van der Waals surface area (Å²) in [5, 5.41) is 9.44. The van der Waals surface area contributed by atoms with E-state index in [4.69, 9.17) is 16.7 Å². The van der Waals surface area contributed by atoms with Gasteiger partial charge < -0.3 is 5.11 Å². The number of rotatable bonds is 4. The van der Waals surface area contributed by atoms with Gasteiger partial charge in [0.25, 0.3) is 0 Å². The largest absolute Gasteiger partial charge is 0.395 e. The summed E-state index contributed by atoms with van der Waals surface area (Å²) in [5.74, 6) is 0.375. The van der Waals surface area contributed by atoms with Crippen molar-refractivity contribution in [3.63, 3.8) is 0 Å². The van der Waals surface area contributed by atoms with E-state index in [-0.39, 0.29) is 17.7 Å². The highest BCUT2D eigenvalue weighted by Crippen LogP contribution is 2.24. The lowest BCUT2D eigenvalue weighted by atomic mass is 10.2. The van der Waals surface area contributed by atoms with Crippen LogP contribution < -0.4 is 0 Å². The molecule has 0 bridgehead atoms. The van der Waals surface area contributed by atoms with Crippen LogP contribution in [0.15, 0.2) is 18.2 Å². The highest BCUT2D eigenvalue weighted by molar-refractivity contribution is 7.99. The Hall–Kier alpha value is -0.250. The topological polar surface area (TPSA) is 20.2 Å². The molecule has 1 nitrogen and oxygen atoms in total. The van der Waals surface area contributed by atoms with Gasteiger partial charge in [-0.25, -0.2) is 4.39 Å². The second-order valence-electron chi connectivity index (χ2n) is 3.04. The van der Waals surface area contributed by atoms with Crippen molar-refractivity contribution in [3.05, 3.63) is 34.6 Å². The monoisotopic (exact) mass is 234 g/mol. The van der Waals surface area contributed by atoms with Crippen LogP contribution in [0.5, 0.6) is 0 Å². The molecule has 0 saturated carbocycles. The summed E-state index contributed by atoms with van der Waals surface area (Å²) in [5.41, 5.74) is 0.901. The van der Waals surface area contributed by atoms with E-state index >= 15 is 0 Å². The Balaban J connectivity index is 2.59. The van der Waals surface area contributed by atoms with Crippen molar-refractivity contribution in [1.29, 1.82) is 0 Å². The number of halogens is 2. The summed E-state index contributed by atoms with van der Waals surface area (Å²) < 4.78 is 12.7. The Bertz CT molecular complexity index is 306. The van der Waals surface area contributed by atoms with E-state index < -0.39 is 0 Å². The van der Waals surface area contributed by atoms with Gasteiger partial charge in [0, 0.05) is 16.0 Å². The maximum absolute atomic E-state index is 12.7. The number of aliphatic hydroxyl groups is 1. The summed E-state index contributed by atoms with van der Waals surface area (Å²) in [6.45, 7) is 2.07. The standard InChI is InChI=1S/C10H12ClFOS/c1-7(5-13)14-6-8-2-3-9(12)4-10(8)11/h2-4,7,13H,5-6H2,1H3. The van der Waals surface area contributed by atoms with Crippen LogP contribution in [0.3, 0.4) is 0 Å². The van der Waals surface area contributed by atoms with Crippen LogP contribution in [0.2, 0.25) is 5.02 Å². The molecule has 4 heteroatoms. The number of thioether (sulfide) groups is 1. The quantitative estimate of drug-likeness (QED) is 0.864. The molecule has 0 saturated heterocycles. The first-order chi connectivity index (χ1) is 6.63. The van der Waals surface area contributed by atoms with E-state index in [2.05, 4.69) is 0 Å². The maximum atomic E-state index is 12.7. The normalized spacial score (nSPS) is 12.9. The Morgan fingerprint density at radius 3 is 2.86 bits per heavy atom. The minimum Gasteiger partial charge on any atom is -0.395 e. The Kier molecular flexibility index (Phi) is 4.72. The number of benzene rings is 1. The number of aliphatic hydroxyl groups excluding tert-OH is 1. The van der Waals surface area contributed by atoms with E-state index in [1.165, 1.54) is 12.1 Å². The second-order valence-corrected chi connectivity index (χ2v) is 4.87. The van der Waals surface area contributed by atoms with Gasteiger partial charge in [-0.15, -0.1) is 0 Å². The molecule has 1 rings (SSSR count). The van der Waals surface area contributed by atoms with Crippen LogP contribution in [0.4, 0.5) is 4.39 Å². The first-order valence-electron chi connectivity index (χ1n) is 4.30. The molecule has 0 radical (unpaired) electrons. The van der Waals surface area contributed by atoms with Crippen LogP contribution in [0.1, 0.15) is 12.5 Å². The van der Waals surface area contributed by atoms with E-state index in [1.807, 2.05) is 6.92 Å². The van der Waals surface area contributed by atoms with Gasteiger partial charge >= 0.3 is 0 Å². The van der Waals surface area contributed by atoms with Crippen molar-refractivity contribution >= 4 is 23.4 Å². The minimum atomic E-state index is -0.320. The molecule has 1 unspecified atom stereocenters. The zero-order valence-corrected chi connectivity index (χ0v) is 9.41. The molecule has 0 spiro atoms. The smallest absolute Gasteiger partial charge is 0.124 e. The second kappa shape index (κ2) is 5.59. The van der Waals surface area contributed by atoms with Gasteiger partial charge in [-0.05, 0) is 17.7 Å². The molecule has 14 heavy (non-hydrogen) atoms. The molecule has 0 aliphatic carbocycles. The predicted octanol–water partition coefficient (Wildman–Crippen LogP) is 3.09.